The number of carbonyl (C=O) groups is 2. The highest BCUT2D eigenvalue weighted by molar-refractivity contribution is 6.51. The normalized spacial score (nSPS) is 17.3. The number of rotatable bonds is 6. The molecule has 0 aliphatic carbocycles. The maximum absolute atomic E-state index is 14.1. The van der Waals surface area contributed by atoms with E-state index in [2.05, 4.69) is 4.90 Å². The lowest BCUT2D eigenvalue weighted by Crippen LogP contribution is -2.29. The number of nitrogens with zero attached hydrogens (tertiary/aromatic N) is 2. The fourth-order valence-corrected chi connectivity index (χ4v) is 4.26. The van der Waals surface area contributed by atoms with Gasteiger partial charge in [0.05, 0.1) is 11.6 Å². The molecular weight excluding hydrogens is 438 g/mol. The van der Waals surface area contributed by atoms with Crippen LogP contribution in [-0.2, 0) is 9.59 Å². The van der Waals surface area contributed by atoms with Gasteiger partial charge in [0, 0.05) is 36.1 Å². The zero-order chi connectivity index (χ0) is 24.4. The van der Waals surface area contributed by atoms with Crippen LogP contribution in [0.5, 0.6) is 0 Å². The number of benzene rings is 3. The van der Waals surface area contributed by atoms with Crippen molar-refractivity contribution in [1.82, 2.24) is 0 Å². The van der Waals surface area contributed by atoms with E-state index < -0.39 is 29.4 Å². The lowest BCUT2D eigenvalue weighted by molar-refractivity contribution is -0.132. The summed E-state index contributed by atoms with van der Waals surface area (Å²) in [5.74, 6) is -4.37. The van der Waals surface area contributed by atoms with Crippen LogP contribution in [0.15, 0.2) is 78.4 Å². The number of halogens is 2. The lowest BCUT2D eigenvalue weighted by Gasteiger charge is -2.27. The molecule has 0 radical (unpaired) electrons. The molecule has 3 aromatic carbocycles. The molecule has 34 heavy (non-hydrogen) atoms. The van der Waals surface area contributed by atoms with Crippen LogP contribution < -0.4 is 9.80 Å². The van der Waals surface area contributed by atoms with Gasteiger partial charge in [0.25, 0.3) is 11.7 Å². The van der Waals surface area contributed by atoms with Gasteiger partial charge in [-0.2, -0.15) is 0 Å². The van der Waals surface area contributed by atoms with Crippen molar-refractivity contribution >= 4 is 28.8 Å². The summed E-state index contributed by atoms with van der Waals surface area (Å²) in [6.07, 6.45) is 0. The molecule has 0 bridgehead atoms. The molecule has 1 amide bonds. The molecule has 174 valence electrons. The van der Waals surface area contributed by atoms with Gasteiger partial charge in [-0.1, -0.05) is 42.5 Å². The summed E-state index contributed by atoms with van der Waals surface area (Å²) in [5, 5.41) is 11.1. The largest absolute Gasteiger partial charge is 0.507 e. The Labute approximate surface area is 196 Å². The van der Waals surface area contributed by atoms with E-state index in [-0.39, 0.29) is 17.0 Å². The van der Waals surface area contributed by atoms with Gasteiger partial charge in [-0.25, -0.2) is 8.78 Å². The first kappa shape index (κ1) is 23.2. The molecule has 0 spiro atoms. The Morgan fingerprint density at radius 3 is 2.15 bits per heavy atom. The Balaban J connectivity index is 1.90. The summed E-state index contributed by atoms with van der Waals surface area (Å²) in [7, 11) is 0. The number of anilines is 2. The van der Waals surface area contributed by atoms with Crippen LogP contribution in [0.1, 0.15) is 31.0 Å². The second-order valence-corrected chi connectivity index (χ2v) is 7.90. The van der Waals surface area contributed by atoms with Crippen molar-refractivity contribution in [2.24, 2.45) is 0 Å². The minimum atomic E-state index is -1.14. The smallest absolute Gasteiger partial charge is 0.300 e. The predicted molar refractivity (Wildman–Crippen MR) is 128 cm³/mol. The van der Waals surface area contributed by atoms with Gasteiger partial charge < -0.3 is 10.0 Å². The van der Waals surface area contributed by atoms with E-state index in [0.29, 0.717) is 11.1 Å². The van der Waals surface area contributed by atoms with Gasteiger partial charge in [-0.15, -0.1) is 0 Å². The third kappa shape index (κ3) is 4.05. The second-order valence-electron chi connectivity index (χ2n) is 7.90. The highest BCUT2D eigenvalue weighted by atomic mass is 19.2. The standard InChI is InChI=1S/C27H24F2N2O3/c1-3-30(4-2)19-12-10-17(11-13-19)24-23(25(32)18-8-6-5-7-9-18)26(33)27(34)31(24)20-14-15-21(28)22(29)16-20/h5-16,24,32H,3-4H2,1-2H3/b25-23+. The van der Waals surface area contributed by atoms with Crippen LogP contribution in [0.25, 0.3) is 5.76 Å². The molecule has 5 nitrogen and oxygen atoms in total. The Hall–Kier alpha value is -4.00. The first-order chi connectivity index (χ1) is 16.4. The second kappa shape index (κ2) is 9.47. The summed E-state index contributed by atoms with van der Waals surface area (Å²) in [6, 6.07) is 17.7. The Kier molecular flexibility index (Phi) is 6.45. The molecule has 3 aromatic rings. The molecule has 1 atom stereocenters. The number of amides is 1. The zero-order valence-corrected chi connectivity index (χ0v) is 18.8. The van der Waals surface area contributed by atoms with Crippen molar-refractivity contribution in [2.45, 2.75) is 19.9 Å². The van der Waals surface area contributed by atoms with Gasteiger partial charge >= 0.3 is 0 Å². The zero-order valence-electron chi connectivity index (χ0n) is 18.8. The molecule has 4 rings (SSSR count). The molecule has 0 aromatic heterocycles. The van der Waals surface area contributed by atoms with Gasteiger partial charge in [0.1, 0.15) is 5.76 Å². The van der Waals surface area contributed by atoms with Crippen molar-refractivity contribution in [1.29, 1.82) is 0 Å². The topological polar surface area (TPSA) is 60.9 Å². The van der Waals surface area contributed by atoms with Crippen LogP contribution in [0.4, 0.5) is 20.2 Å². The maximum Gasteiger partial charge on any atom is 0.300 e. The van der Waals surface area contributed by atoms with E-state index in [9.17, 15) is 23.5 Å². The minimum absolute atomic E-state index is 0.0194. The fraction of sp³-hybridized carbons (Fsp3) is 0.185. The lowest BCUT2D eigenvalue weighted by atomic mass is 9.95. The molecular formula is C27H24F2N2O3. The van der Waals surface area contributed by atoms with Crippen molar-refractivity contribution in [2.75, 3.05) is 22.9 Å². The van der Waals surface area contributed by atoms with E-state index in [1.807, 2.05) is 26.0 Å². The maximum atomic E-state index is 14.1. The highest BCUT2D eigenvalue weighted by Crippen LogP contribution is 2.42. The number of carbonyl (C=O) groups excluding carboxylic acids is 2. The van der Waals surface area contributed by atoms with Crippen LogP contribution in [0.3, 0.4) is 0 Å². The molecule has 1 saturated heterocycles. The van der Waals surface area contributed by atoms with Crippen molar-refractivity contribution < 1.29 is 23.5 Å². The number of ketones is 1. The van der Waals surface area contributed by atoms with Crippen molar-refractivity contribution in [3.05, 3.63) is 101 Å². The molecule has 0 saturated carbocycles. The number of aliphatic hydroxyl groups is 1. The molecule has 7 heteroatoms. The average Bonchev–Trinajstić information content (AvgIpc) is 3.12. The number of hydrogen-bond acceptors (Lipinski definition) is 4. The summed E-state index contributed by atoms with van der Waals surface area (Å²) in [4.78, 5) is 29.5. The summed E-state index contributed by atoms with van der Waals surface area (Å²) in [6.45, 7) is 5.68. The SMILES string of the molecule is CCN(CC)c1ccc(C2/C(=C(\O)c3ccccc3)C(=O)C(=O)N2c2ccc(F)c(F)c2)cc1. The summed E-state index contributed by atoms with van der Waals surface area (Å²) < 4.78 is 27.7. The monoisotopic (exact) mass is 462 g/mol. The van der Waals surface area contributed by atoms with Gasteiger partial charge in [-0.05, 0) is 43.7 Å². The van der Waals surface area contributed by atoms with Gasteiger partial charge in [0.2, 0.25) is 0 Å². The van der Waals surface area contributed by atoms with Crippen molar-refractivity contribution in [3.8, 4) is 0 Å². The fourth-order valence-electron chi connectivity index (χ4n) is 4.26. The molecule has 1 N–H and O–H groups in total. The molecule has 1 fully saturated rings. The number of hydrogen-bond donors (Lipinski definition) is 1. The van der Waals surface area contributed by atoms with Crippen LogP contribution in [-0.4, -0.2) is 29.9 Å². The van der Waals surface area contributed by atoms with Crippen LogP contribution in [0.2, 0.25) is 0 Å². The van der Waals surface area contributed by atoms with Crippen LogP contribution in [0, 0.1) is 11.6 Å². The Bertz CT molecular complexity index is 1250. The van der Waals surface area contributed by atoms with Gasteiger partial charge in [-0.3, -0.25) is 14.5 Å². The first-order valence-corrected chi connectivity index (χ1v) is 11.0. The molecule has 1 unspecified atom stereocenters. The third-order valence-corrected chi connectivity index (χ3v) is 6.01. The minimum Gasteiger partial charge on any atom is -0.507 e. The van der Waals surface area contributed by atoms with E-state index >= 15 is 0 Å². The molecule has 1 aliphatic heterocycles. The quantitative estimate of drug-likeness (QED) is 0.301. The van der Waals surface area contributed by atoms with E-state index in [1.165, 1.54) is 6.07 Å². The van der Waals surface area contributed by atoms with Crippen LogP contribution >= 0.6 is 0 Å². The van der Waals surface area contributed by atoms with E-state index in [0.717, 1.165) is 35.8 Å². The number of Topliss-reactive ketones (excluding diaryl/α,β-unsaturated/α-hetero) is 1. The number of aliphatic hydroxyl groups excluding tert-OH is 1. The summed E-state index contributed by atoms with van der Waals surface area (Å²) >= 11 is 0. The van der Waals surface area contributed by atoms with E-state index in [4.69, 9.17) is 0 Å². The summed E-state index contributed by atoms with van der Waals surface area (Å²) in [5.41, 5.74) is 1.79. The van der Waals surface area contributed by atoms with Gasteiger partial charge in [0.15, 0.2) is 11.6 Å². The average molecular weight is 462 g/mol. The van der Waals surface area contributed by atoms with Crippen molar-refractivity contribution in [3.63, 3.8) is 0 Å². The molecule has 1 heterocycles. The predicted octanol–water partition coefficient (Wildman–Crippen LogP) is 5.44. The third-order valence-electron chi connectivity index (χ3n) is 6.01. The Morgan fingerprint density at radius 2 is 1.56 bits per heavy atom. The molecule has 1 aliphatic rings. The Morgan fingerprint density at radius 1 is 0.912 bits per heavy atom. The first-order valence-electron chi connectivity index (χ1n) is 11.0. The van der Waals surface area contributed by atoms with E-state index in [1.54, 1.807) is 42.5 Å². The highest BCUT2D eigenvalue weighted by Gasteiger charge is 2.47.